The number of aromatic amines is 1. The van der Waals surface area contributed by atoms with E-state index >= 15 is 0 Å². The number of hydrogen-bond acceptors (Lipinski definition) is 3. The van der Waals surface area contributed by atoms with Gasteiger partial charge < -0.3 is 4.98 Å². The van der Waals surface area contributed by atoms with Crippen LogP contribution in [0, 0.1) is 0 Å². The number of rotatable bonds is 12. The monoisotopic (exact) mass is 1090 g/mol. The largest absolute Gasteiger partial charge is 0.354 e. The fraction of sp³-hybridized carbons (Fsp3) is 0.0694. The molecule has 4 aliphatic heterocycles. The Balaban J connectivity index is 1.02. The van der Waals surface area contributed by atoms with Gasteiger partial charge in [-0.15, -0.1) is 0 Å². The van der Waals surface area contributed by atoms with Gasteiger partial charge in [-0.25, -0.2) is 9.98 Å². The highest BCUT2D eigenvalue weighted by atomic mass is 28.3. The summed E-state index contributed by atoms with van der Waals surface area (Å²) in [5, 5.41) is 13.0. The van der Waals surface area contributed by atoms with Crippen LogP contribution in [0.5, 0.6) is 0 Å². The van der Waals surface area contributed by atoms with Gasteiger partial charge in [0.2, 0.25) is 0 Å². The van der Waals surface area contributed by atoms with Gasteiger partial charge in [-0.3, -0.25) is 4.99 Å². The molecule has 0 aliphatic carbocycles. The van der Waals surface area contributed by atoms with Gasteiger partial charge in [0.1, 0.15) is 35.2 Å². The van der Waals surface area contributed by atoms with Crippen molar-refractivity contribution in [2.24, 2.45) is 15.0 Å². The third-order valence-corrected chi connectivity index (χ3v) is 25.7. The molecule has 1 aromatic heterocycles. The van der Waals surface area contributed by atoms with Gasteiger partial charge in [0, 0.05) is 39.4 Å². The van der Waals surface area contributed by atoms with Crippen LogP contribution in [0.15, 0.2) is 293 Å². The molecule has 9 aromatic rings. The number of hydrogen-bond donors (Lipinski definition) is 1. The van der Waals surface area contributed by atoms with Crippen molar-refractivity contribution in [3.8, 4) is 0 Å². The molecule has 0 saturated heterocycles. The molecular formula is C72H58N4Si4. The summed E-state index contributed by atoms with van der Waals surface area (Å²) in [6.07, 6.45) is 11.8. The van der Waals surface area contributed by atoms with E-state index in [9.17, 15) is 0 Å². The Morgan fingerprint density at radius 1 is 0.300 bits per heavy atom. The standard InChI is InChI=1S/C72H58N4Si4/c1-77(53-17-9-5-10-18-53)57-33-25-49(26-34-57)69-61-41-43-63(73-61)70(50-27-35-58(36-28-50)78(2)54-19-11-6-12-20-54)65-45-47-67(75-65)72(52-31-39-60(40-32-52)80(4)56-23-15-8-16-24-56)68-48-46-66(76-68)71(64-44-42-62(69)74-64)51-29-37-59(38-30-51)79(3)55-21-13-7-14-22-55/h5-47,73H,48H2,1-4H3. The van der Waals surface area contributed by atoms with E-state index in [1.165, 1.54) is 41.5 Å². The Kier molecular flexibility index (Phi) is 14.1. The predicted molar refractivity (Wildman–Crippen MR) is 347 cm³/mol. The Labute approximate surface area is 476 Å². The third-order valence-electron chi connectivity index (χ3n) is 16.1. The summed E-state index contributed by atoms with van der Waals surface area (Å²) in [6.45, 7) is 9.55. The van der Waals surface area contributed by atoms with Crippen molar-refractivity contribution in [2.75, 3.05) is 0 Å². The molecule has 4 nitrogen and oxygen atoms in total. The highest BCUT2D eigenvalue weighted by Crippen LogP contribution is 2.38. The first-order valence-corrected chi connectivity index (χ1v) is 35.6. The van der Waals surface area contributed by atoms with Gasteiger partial charge in [0.05, 0.1) is 34.2 Å². The van der Waals surface area contributed by atoms with Crippen LogP contribution in [0.2, 0.25) is 26.2 Å². The number of fused-ring (bicyclic) bond motifs is 5. The average Bonchev–Trinajstić information content (AvgIpc) is 4.39. The van der Waals surface area contributed by atoms with Crippen LogP contribution in [0.25, 0.3) is 22.3 Å². The highest BCUT2D eigenvalue weighted by Gasteiger charge is 2.28. The van der Waals surface area contributed by atoms with Crippen molar-refractivity contribution in [3.63, 3.8) is 0 Å². The van der Waals surface area contributed by atoms with E-state index in [2.05, 4.69) is 292 Å². The second-order valence-corrected chi connectivity index (χ2v) is 30.5. The maximum atomic E-state index is 5.70. The summed E-state index contributed by atoms with van der Waals surface area (Å²) >= 11 is 0. The molecule has 13 rings (SSSR count). The lowest BCUT2D eigenvalue weighted by atomic mass is 9.97. The number of allylic oxidation sites excluding steroid dienone is 7. The van der Waals surface area contributed by atoms with Gasteiger partial charge in [-0.05, 0) is 58.7 Å². The van der Waals surface area contributed by atoms with Crippen LogP contribution in [0.1, 0.15) is 28.7 Å². The van der Waals surface area contributed by atoms with Gasteiger partial charge in [0.15, 0.2) is 0 Å². The maximum absolute atomic E-state index is 5.70. The first kappa shape index (κ1) is 50.8. The van der Waals surface area contributed by atoms with Crippen LogP contribution in [-0.4, -0.2) is 57.3 Å². The quantitative estimate of drug-likeness (QED) is 0.119. The first-order valence-electron chi connectivity index (χ1n) is 27.6. The molecule has 8 aromatic carbocycles. The summed E-state index contributed by atoms with van der Waals surface area (Å²) in [5.74, 6) is 0. The average molecular weight is 1090 g/mol. The van der Waals surface area contributed by atoms with Crippen molar-refractivity contribution >= 4 is 116 Å². The zero-order valence-electron chi connectivity index (χ0n) is 45.4. The third kappa shape index (κ3) is 10.1. The van der Waals surface area contributed by atoms with Crippen molar-refractivity contribution in [1.82, 2.24) is 4.98 Å². The SMILES string of the molecule is C[Si](c1ccccc1)c1ccc(C2=C3C=CC(=N3)C(c3ccc([Si](C)c4ccccc4)cc3)=c3ccc([nH]3)=C(c3ccc([Si](C)c4ccccc4)cc3)C3=NC(=C(c4ccc([Si](C)c5ccccc5)cc4)C4=NC2=CC4)C=C3)cc1. The van der Waals surface area contributed by atoms with E-state index in [1.807, 2.05) is 0 Å². The van der Waals surface area contributed by atoms with E-state index in [0.29, 0.717) is 6.42 Å². The normalized spacial score (nSPS) is 14.9. The van der Waals surface area contributed by atoms with Crippen molar-refractivity contribution in [1.29, 1.82) is 0 Å². The topological polar surface area (TPSA) is 52.9 Å². The van der Waals surface area contributed by atoms with Gasteiger partial charge in [-0.1, -0.05) is 292 Å². The fourth-order valence-electron chi connectivity index (χ4n) is 11.5. The molecule has 8 heteroatoms. The zero-order chi connectivity index (χ0) is 54.1. The minimum atomic E-state index is -0.972. The molecule has 0 unspecified atom stereocenters. The summed E-state index contributed by atoms with van der Waals surface area (Å²) < 4.78 is 0. The lowest BCUT2D eigenvalue weighted by Crippen LogP contribution is -2.39. The van der Waals surface area contributed by atoms with Crippen molar-refractivity contribution < 1.29 is 0 Å². The molecule has 8 bridgehead atoms. The van der Waals surface area contributed by atoms with Crippen LogP contribution in [0.3, 0.4) is 0 Å². The summed E-state index contributed by atoms with van der Waals surface area (Å²) in [7, 11) is -3.89. The second kappa shape index (κ2) is 22.2. The maximum Gasteiger partial charge on any atom is 0.118 e. The Morgan fingerprint density at radius 3 is 0.950 bits per heavy atom. The molecule has 4 aliphatic rings. The van der Waals surface area contributed by atoms with Crippen LogP contribution in [-0.2, 0) is 0 Å². The molecule has 0 fully saturated rings. The number of nitrogens with zero attached hydrogens (tertiary/aromatic N) is 3. The van der Waals surface area contributed by atoms with Crippen LogP contribution >= 0.6 is 0 Å². The van der Waals surface area contributed by atoms with E-state index < -0.39 is 35.2 Å². The number of aromatic nitrogens is 1. The predicted octanol–water partition coefficient (Wildman–Crippen LogP) is 8.95. The lowest BCUT2D eigenvalue weighted by molar-refractivity contribution is 1.25. The molecule has 80 heavy (non-hydrogen) atoms. The van der Waals surface area contributed by atoms with E-state index in [-0.39, 0.29) is 0 Å². The summed E-state index contributed by atoms with van der Waals surface area (Å²) in [5.41, 5.74) is 14.1. The number of benzene rings is 8. The molecule has 4 radical (unpaired) electrons. The van der Waals surface area contributed by atoms with Gasteiger partial charge >= 0.3 is 0 Å². The Hall–Kier alpha value is -8.64. The summed E-state index contributed by atoms with van der Waals surface area (Å²) in [6, 6.07) is 85.1. The molecule has 0 spiro atoms. The zero-order valence-corrected chi connectivity index (χ0v) is 49.4. The first-order chi connectivity index (χ1) is 39.3. The van der Waals surface area contributed by atoms with E-state index in [0.717, 1.165) is 89.5 Å². The van der Waals surface area contributed by atoms with Gasteiger partial charge in [-0.2, -0.15) is 0 Å². The molecule has 382 valence electrons. The van der Waals surface area contributed by atoms with Crippen molar-refractivity contribution in [2.45, 2.75) is 32.6 Å². The fourth-order valence-corrected chi connectivity index (χ4v) is 18.2. The molecule has 0 atom stereocenters. The van der Waals surface area contributed by atoms with Crippen molar-refractivity contribution in [3.05, 3.63) is 311 Å². The van der Waals surface area contributed by atoms with E-state index in [4.69, 9.17) is 15.0 Å². The molecule has 0 amide bonds. The summed E-state index contributed by atoms with van der Waals surface area (Å²) in [4.78, 5) is 21.1. The number of H-pyrrole nitrogens is 1. The highest BCUT2D eigenvalue weighted by molar-refractivity contribution is 6.85. The number of nitrogens with one attached hydrogen (secondary N) is 1. The van der Waals surface area contributed by atoms with E-state index in [1.54, 1.807) is 0 Å². The molecular weight excluding hydrogens is 1030 g/mol. The van der Waals surface area contributed by atoms with Crippen LogP contribution < -0.4 is 52.2 Å². The molecule has 5 heterocycles. The minimum absolute atomic E-state index is 0.653. The Bertz CT molecular complexity index is 4190. The molecule has 0 saturated carbocycles. The number of aliphatic imine (C=N–C) groups is 3. The smallest absolute Gasteiger partial charge is 0.118 e. The minimum Gasteiger partial charge on any atom is -0.354 e. The lowest BCUT2D eigenvalue weighted by Gasteiger charge is -2.15. The second-order valence-electron chi connectivity index (χ2n) is 20.8. The molecule has 1 N–H and O–H groups in total. The van der Waals surface area contributed by atoms with Crippen LogP contribution in [0.4, 0.5) is 0 Å². The Morgan fingerprint density at radius 2 is 0.600 bits per heavy atom. The van der Waals surface area contributed by atoms with Gasteiger partial charge in [0.25, 0.3) is 0 Å².